The van der Waals surface area contributed by atoms with Gasteiger partial charge in [-0.05, 0) is 37.6 Å². The van der Waals surface area contributed by atoms with Crippen molar-refractivity contribution in [3.05, 3.63) is 29.3 Å². The van der Waals surface area contributed by atoms with Gasteiger partial charge in [0.1, 0.15) is 11.8 Å². The summed E-state index contributed by atoms with van der Waals surface area (Å²) in [6, 6.07) is 6.78. The third-order valence-electron chi connectivity index (χ3n) is 2.94. The Morgan fingerprint density at radius 3 is 2.68 bits per heavy atom. The van der Waals surface area contributed by atoms with Crippen LogP contribution in [-0.4, -0.2) is 27.3 Å². The summed E-state index contributed by atoms with van der Waals surface area (Å²) in [5.74, 6) is 0.317. The molecule has 0 saturated carbocycles. The smallest absolute Gasteiger partial charge is 0.157 e. The topological polar surface area (TPSA) is 93.2 Å². The number of nitrogens with two attached hydrogens (primary N) is 1. The highest BCUT2D eigenvalue weighted by atomic mass is 32.2. The number of hydrogen-bond donors (Lipinski definition) is 1. The van der Waals surface area contributed by atoms with Gasteiger partial charge in [0.25, 0.3) is 0 Å². The van der Waals surface area contributed by atoms with Crippen LogP contribution in [0.5, 0.6) is 5.75 Å². The van der Waals surface area contributed by atoms with E-state index >= 15 is 0 Å². The highest BCUT2D eigenvalue weighted by Gasteiger charge is 2.21. The van der Waals surface area contributed by atoms with Crippen molar-refractivity contribution in [2.45, 2.75) is 24.3 Å². The van der Waals surface area contributed by atoms with Crippen LogP contribution in [0.25, 0.3) is 0 Å². The predicted molar refractivity (Wildman–Crippen MR) is 73.5 cm³/mol. The second-order valence-electron chi connectivity index (χ2n) is 4.34. The van der Waals surface area contributed by atoms with E-state index in [1.54, 1.807) is 25.1 Å². The van der Waals surface area contributed by atoms with Crippen LogP contribution in [0, 0.1) is 11.3 Å². The molecular formula is C13H18N2O3S. The van der Waals surface area contributed by atoms with E-state index < -0.39 is 15.1 Å². The molecule has 0 saturated heterocycles. The van der Waals surface area contributed by atoms with E-state index in [-0.39, 0.29) is 5.75 Å². The van der Waals surface area contributed by atoms with Crippen LogP contribution in [-0.2, 0) is 15.6 Å². The van der Waals surface area contributed by atoms with Crippen molar-refractivity contribution in [2.75, 3.05) is 13.7 Å². The Morgan fingerprint density at radius 1 is 1.47 bits per heavy atom. The van der Waals surface area contributed by atoms with Gasteiger partial charge in [-0.1, -0.05) is 6.07 Å². The van der Waals surface area contributed by atoms with E-state index in [2.05, 4.69) is 0 Å². The molecule has 2 N–H and O–H groups in total. The zero-order valence-corrected chi connectivity index (χ0v) is 11.9. The molecule has 0 aliphatic carbocycles. The first-order chi connectivity index (χ1) is 8.94. The summed E-state index contributed by atoms with van der Waals surface area (Å²) < 4.78 is 29.2. The van der Waals surface area contributed by atoms with E-state index in [1.165, 1.54) is 7.11 Å². The molecule has 1 aromatic carbocycles. The molecule has 0 amide bonds. The van der Waals surface area contributed by atoms with Gasteiger partial charge in [0.05, 0.1) is 23.7 Å². The molecule has 1 aromatic rings. The SMILES string of the molecule is COc1cc(CS(=O)(=O)C(C)CCN)ccc1C#N. The second-order valence-corrected chi connectivity index (χ2v) is 6.76. The minimum absolute atomic E-state index is 0.0732. The molecule has 5 nitrogen and oxygen atoms in total. The van der Waals surface area contributed by atoms with Gasteiger partial charge in [0.15, 0.2) is 9.84 Å². The fourth-order valence-corrected chi connectivity index (χ4v) is 3.13. The van der Waals surface area contributed by atoms with Crippen molar-refractivity contribution in [2.24, 2.45) is 5.73 Å². The Balaban J connectivity index is 2.98. The molecule has 1 unspecified atom stereocenters. The molecule has 6 heteroatoms. The summed E-state index contributed by atoms with van der Waals surface area (Å²) in [7, 11) is -1.79. The van der Waals surface area contributed by atoms with Gasteiger partial charge < -0.3 is 10.5 Å². The summed E-state index contributed by atoms with van der Waals surface area (Å²) in [6.07, 6.45) is 0.440. The van der Waals surface area contributed by atoms with E-state index in [9.17, 15) is 8.42 Å². The first kappa shape index (κ1) is 15.5. The molecule has 104 valence electrons. The van der Waals surface area contributed by atoms with E-state index in [4.69, 9.17) is 15.7 Å². The van der Waals surface area contributed by atoms with Crippen LogP contribution in [0.1, 0.15) is 24.5 Å². The normalized spacial score (nSPS) is 12.7. The number of rotatable bonds is 6. The Morgan fingerprint density at radius 2 is 2.16 bits per heavy atom. The molecule has 0 aliphatic heterocycles. The molecule has 0 heterocycles. The van der Waals surface area contributed by atoms with Crippen LogP contribution in [0.2, 0.25) is 0 Å². The third kappa shape index (κ3) is 3.94. The zero-order valence-electron chi connectivity index (χ0n) is 11.1. The van der Waals surface area contributed by atoms with Gasteiger partial charge in [-0.3, -0.25) is 0 Å². The number of ether oxygens (including phenoxy) is 1. The van der Waals surface area contributed by atoms with Crippen LogP contribution in [0.4, 0.5) is 0 Å². The Hall–Kier alpha value is -1.58. The summed E-state index contributed by atoms with van der Waals surface area (Å²) in [5, 5.41) is 8.40. The lowest BCUT2D eigenvalue weighted by atomic mass is 10.1. The molecule has 0 fully saturated rings. The number of hydrogen-bond acceptors (Lipinski definition) is 5. The quantitative estimate of drug-likeness (QED) is 0.846. The van der Waals surface area contributed by atoms with E-state index in [1.807, 2.05) is 6.07 Å². The fraction of sp³-hybridized carbons (Fsp3) is 0.462. The van der Waals surface area contributed by atoms with Gasteiger partial charge in [-0.2, -0.15) is 5.26 Å². The predicted octanol–water partition coefficient (Wildman–Crippen LogP) is 1.22. The maximum Gasteiger partial charge on any atom is 0.157 e. The van der Waals surface area contributed by atoms with Gasteiger partial charge in [-0.25, -0.2) is 8.42 Å². The Kier molecular flexibility index (Phi) is 5.33. The molecule has 1 atom stereocenters. The highest BCUT2D eigenvalue weighted by Crippen LogP contribution is 2.22. The first-order valence-electron chi connectivity index (χ1n) is 5.93. The largest absolute Gasteiger partial charge is 0.495 e. The summed E-state index contributed by atoms with van der Waals surface area (Å²) >= 11 is 0. The van der Waals surface area contributed by atoms with E-state index in [0.29, 0.717) is 29.8 Å². The van der Waals surface area contributed by atoms with Gasteiger partial charge in [-0.15, -0.1) is 0 Å². The Bertz CT molecular complexity index is 576. The van der Waals surface area contributed by atoms with Gasteiger partial charge in [0.2, 0.25) is 0 Å². The standard InChI is InChI=1S/C13H18N2O3S/c1-10(5-6-14)19(16,17)9-11-3-4-12(8-15)13(7-11)18-2/h3-4,7,10H,5-6,9,14H2,1-2H3. The Labute approximate surface area is 113 Å². The number of benzene rings is 1. The minimum Gasteiger partial charge on any atom is -0.495 e. The maximum absolute atomic E-state index is 12.1. The molecule has 19 heavy (non-hydrogen) atoms. The molecule has 0 spiro atoms. The molecule has 0 aliphatic rings. The van der Waals surface area contributed by atoms with Crippen LogP contribution < -0.4 is 10.5 Å². The minimum atomic E-state index is -3.24. The van der Waals surface area contributed by atoms with Crippen molar-refractivity contribution in [3.63, 3.8) is 0 Å². The summed E-state index contributed by atoms with van der Waals surface area (Å²) in [6.45, 7) is 2.00. The average Bonchev–Trinajstić information content (AvgIpc) is 2.38. The van der Waals surface area contributed by atoms with Crippen LogP contribution in [0.3, 0.4) is 0 Å². The van der Waals surface area contributed by atoms with Crippen molar-refractivity contribution in [3.8, 4) is 11.8 Å². The molecule has 0 aromatic heterocycles. The molecule has 1 rings (SSSR count). The molecule has 0 radical (unpaired) electrons. The second kappa shape index (κ2) is 6.55. The highest BCUT2D eigenvalue weighted by molar-refractivity contribution is 7.91. The van der Waals surface area contributed by atoms with Gasteiger partial charge >= 0.3 is 0 Å². The maximum atomic E-state index is 12.1. The summed E-state index contributed by atoms with van der Waals surface area (Å²) in [4.78, 5) is 0. The van der Waals surface area contributed by atoms with Crippen molar-refractivity contribution in [1.82, 2.24) is 0 Å². The third-order valence-corrected chi connectivity index (χ3v) is 5.14. The van der Waals surface area contributed by atoms with Crippen LogP contribution >= 0.6 is 0 Å². The first-order valence-corrected chi connectivity index (χ1v) is 7.64. The average molecular weight is 282 g/mol. The zero-order chi connectivity index (χ0) is 14.5. The molecular weight excluding hydrogens is 264 g/mol. The number of nitrogens with zero attached hydrogens (tertiary/aromatic N) is 1. The fourth-order valence-electron chi connectivity index (χ4n) is 1.71. The number of sulfone groups is 1. The van der Waals surface area contributed by atoms with Crippen LogP contribution in [0.15, 0.2) is 18.2 Å². The lowest BCUT2D eigenvalue weighted by molar-refractivity contribution is 0.413. The van der Waals surface area contributed by atoms with E-state index in [0.717, 1.165) is 0 Å². The lowest BCUT2D eigenvalue weighted by Crippen LogP contribution is -2.22. The van der Waals surface area contributed by atoms with Crippen molar-refractivity contribution < 1.29 is 13.2 Å². The van der Waals surface area contributed by atoms with Crippen molar-refractivity contribution in [1.29, 1.82) is 5.26 Å². The van der Waals surface area contributed by atoms with Crippen molar-refractivity contribution >= 4 is 9.84 Å². The lowest BCUT2D eigenvalue weighted by Gasteiger charge is -2.12. The van der Waals surface area contributed by atoms with Gasteiger partial charge in [0, 0.05) is 0 Å². The molecule has 0 bridgehead atoms. The number of nitriles is 1. The summed E-state index contributed by atoms with van der Waals surface area (Å²) in [5.41, 5.74) is 6.38. The number of methoxy groups -OCH3 is 1. The monoisotopic (exact) mass is 282 g/mol.